The molecule has 0 unspecified atom stereocenters. The summed E-state index contributed by atoms with van der Waals surface area (Å²) in [6.45, 7) is 0. The molecule has 0 aliphatic carbocycles. The molecule has 0 aromatic carbocycles. The molecule has 4 heteroatoms. The van der Waals surface area contributed by atoms with Crippen LogP contribution in [0.5, 0.6) is 5.88 Å². The minimum absolute atomic E-state index is 0.278. The Labute approximate surface area is 52.0 Å². The second-order valence-electron chi connectivity index (χ2n) is 1.34. The first-order valence-corrected chi connectivity index (χ1v) is 2.36. The summed E-state index contributed by atoms with van der Waals surface area (Å²) in [4.78, 5) is 7.97. The van der Waals surface area contributed by atoms with Crippen molar-refractivity contribution in [2.75, 3.05) is 0 Å². The minimum Gasteiger partial charge on any atom is -0.317 e. The third-order valence-electron chi connectivity index (χ3n) is 0.772. The predicted molar refractivity (Wildman–Crippen MR) is 29.4 cm³/mol. The first-order valence-electron chi connectivity index (χ1n) is 2.36. The zero-order chi connectivity index (χ0) is 6.53. The number of aromatic nitrogens is 1. The van der Waals surface area contributed by atoms with Crippen LogP contribution in [0.3, 0.4) is 0 Å². The second-order valence-corrected chi connectivity index (χ2v) is 1.34. The second kappa shape index (κ2) is 2.76. The minimum atomic E-state index is 0.278. The fourth-order valence-corrected chi connectivity index (χ4v) is 0.443. The molecule has 0 saturated carbocycles. The fraction of sp³-hybridized carbons (Fsp3) is 0. The Hall–Kier alpha value is -1.45. The van der Waals surface area contributed by atoms with E-state index in [0.717, 1.165) is 0 Å². The van der Waals surface area contributed by atoms with E-state index >= 15 is 0 Å². The lowest BCUT2D eigenvalue weighted by Crippen LogP contribution is -1.83. The molecule has 1 radical (unpaired) electrons. The van der Waals surface area contributed by atoms with Gasteiger partial charge in [0.2, 0.25) is 0 Å². The Morgan fingerprint density at radius 1 is 1.56 bits per heavy atom. The predicted octanol–water partition coefficient (Wildman–Crippen LogP) is 0.628. The van der Waals surface area contributed by atoms with Crippen molar-refractivity contribution >= 4 is 0 Å². The van der Waals surface area contributed by atoms with E-state index in [9.17, 15) is 0 Å². The molecule has 0 saturated heterocycles. The Bertz CT molecular complexity index is 187. The van der Waals surface area contributed by atoms with Crippen molar-refractivity contribution in [2.24, 2.45) is 5.28 Å². The molecule has 1 rings (SSSR count). The van der Waals surface area contributed by atoms with E-state index in [1.807, 2.05) is 0 Å². The van der Waals surface area contributed by atoms with Crippen molar-refractivity contribution in [1.82, 2.24) is 10.5 Å². The number of rotatable bonds is 2. The molecule has 0 aliphatic rings. The molecular weight excluding hydrogens is 118 g/mol. The van der Waals surface area contributed by atoms with Crippen LogP contribution in [0.2, 0.25) is 0 Å². The maximum Gasteiger partial charge on any atom is 0.250 e. The van der Waals surface area contributed by atoms with Gasteiger partial charge in [-0.2, -0.15) is 0 Å². The van der Waals surface area contributed by atoms with Gasteiger partial charge in [-0.25, -0.2) is 4.98 Å². The summed E-state index contributed by atoms with van der Waals surface area (Å²) >= 11 is 0. The van der Waals surface area contributed by atoms with Crippen LogP contribution in [0, 0.1) is 0 Å². The number of pyridine rings is 1. The summed E-state index contributed by atoms with van der Waals surface area (Å²) in [7, 11) is 0. The van der Waals surface area contributed by atoms with E-state index in [1.54, 1.807) is 24.4 Å². The maximum absolute atomic E-state index is 7.88. The molecule has 4 nitrogen and oxygen atoms in total. The van der Waals surface area contributed by atoms with E-state index in [4.69, 9.17) is 5.53 Å². The number of nitrogens with zero attached hydrogens (tertiary/aromatic N) is 3. The zero-order valence-electron chi connectivity index (χ0n) is 4.56. The standard InChI is InChI=1S/C5H4N3O/c6-8-9-5-3-1-2-4-7-5/h1-4H. The van der Waals surface area contributed by atoms with Crippen molar-refractivity contribution in [3.63, 3.8) is 0 Å². The molecule has 1 heterocycles. The summed E-state index contributed by atoms with van der Waals surface area (Å²) < 4.78 is 0. The van der Waals surface area contributed by atoms with E-state index < -0.39 is 0 Å². The summed E-state index contributed by atoms with van der Waals surface area (Å²) in [6, 6.07) is 5.05. The molecular formula is C5H4N3O. The van der Waals surface area contributed by atoms with Crippen LogP contribution >= 0.6 is 0 Å². The average Bonchev–Trinajstić information content (AvgIpc) is 1.91. The molecule has 0 fully saturated rings. The van der Waals surface area contributed by atoms with E-state index in [0.29, 0.717) is 0 Å². The van der Waals surface area contributed by atoms with Crippen LogP contribution in [0.25, 0.3) is 0 Å². The molecule has 0 bridgehead atoms. The third-order valence-corrected chi connectivity index (χ3v) is 0.772. The summed E-state index contributed by atoms with van der Waals surface area (Å²) in [5.41, 5.74) is 7.88. The van der Waals surface area contributed by atoms with Gasteiger partial charge in [-0.05, 0) is 6.07 Å². The maximum atomic E-state index is 7.88. The number of hydrogen-bond acceptors (Lipinski definition) is 3. The fourth-order valence-electron chi connectivity index (χ4n) is 0.443. The van der Waals surface area contributed by atoms with E-state index in [2.05, 4.69) is 15.1 Å². The van der Waals surface area contributed by atoms with Gasteiger partial charge in [0.25, 0.3) is 5.88 Å². The molecule has 1 aromatic rings. The highest BCUT2D eigenvalue weighted by atomic mass is 16.6. The molecule has 9 heavy (non-hydrogen) atoms. The highest BCUT2D eigenvalue weighted by Crippen LogP contribution is 2.01. The highest BCUT2D eigenvalue weighted by Gasteiger charge is 1.87. The van der Waals surface area contributed by atoms with Gasteiger partial charge in [0.1, 0.15) is 0 Å². The molecule has 0 spiro atoms. The molecule has 0 atom stereocenters. The van der Waals surface area contributed by atoms with Crippen LogP contribution in [0.15, 0.2) is 29.7 Å². The topological polar surface area (TPSA) is 56.8 Å². The highest BCUT2D eigenvalue weighted by molar-refractivity contribution is 5.08. The lowest BCUT2D eigenvalue weighted by atomic mass is 10.5. The van der Waals surface area contributed by atoms with Gasteiger partial charge >= 0.3 is 0 Å². The Balaban J connectivity index is 2.72. The third kappa shape index (κ3) is 1.49. The van der Waals surface area contributed by atoms with Crippen molar-refractivity contribution in [1.29, 1.82) is 0 Å². The largest absolute Gasteiger partial charge is 0.317 e. The molecule has 45 valence electrons. The van der Waals surface area contributed by atoms with Crippen molar-refractivity contribution in [3.8, 4) is 5.88 Å². The Morgan fingerprint density at radius 2 is 2.44 bits per heavy atom. The van der Waals surface area contributed by atoms with Crippen molar-refractivity contribution in [2.45, 2.75) is 0 Å². The van der Waals surface area contributed by atoms with Gasteiger partial charge in [0.15, 0.2) is 0 Å². The van der Waals surface area contributed by atoms with Crippen molar-refractivity contribution in [3.05, 3.63) is 24.4 Å². The Kier molecular flexibility index (Phi) is 1.74. The van der Waals surface area contributed by atoms with Gasteiger partial charge in [0, 0.05) is 17.8 Å². The Morgan fingerprint density at radius 3 is 3.00 bits per heavy atom. The van der Waals surface area contributed by atoms with Crippen LogP contribution in [-0.2, 0) is 0 Å². The molecule has 0 N–H and O–H groups in total. The van der Waals surface area contributed by atoms with Crippen LogP contribution in [-0.4, -0.2) is 4.98 Å². The quantitative estimate of drug-likeness (QED) is 0.426. The first kappa shape index (κ1) is 5.68. The number of hydrogen-bond donors (Lipinski definition) is 0. The van der Waals surface area contributed by atoms with Crippen LogP contribution < -0.4 is 10.4 Å². The van der Waals surface area contributed by atoms with Crippen LogP contribution in [0.1, 0.15) is 0 Å². The smallest absolute Gasteiger partial charge is 0.250 e. The SMILES string of the molecule is [N]=NOc1ccccn1. The van der Waals surface area contributed by atoms with Crippen LogP contribution in [0.4, 0.5) is 0 Å². The average molecular weight is 122 g/mol. The molecule has 0 aliphatic heterocycles. The lowest BCUT2D eigenvalue weighted by Gasteiger charge is -1.89. The van der Waals surface area contributed by atoms with E-state index in [-0.39, 0.29) is 5.88 Å². The van der Waals surface area contributed by atoms with E-state index in [1.165, 1.54) is 0 Å². The monoisotopic (exact) mass is 122 g/mol. The van der Waals surface area contributed by atoms with Gasteiger partial charge in [-0.3, -0.25) is 0 Å². The lowest BCUT2D eigenvalue weighted by molar-refractivity contribution is 0.300. The molecule has 0 amide bonds. The summed E-state index contributed by atoms with van der Waals surface area (Å²) in [6.07, 6.45) is 1.54. The van der Waals surface area contributed by atoms with Gasteiger partial charge < -0.3 is 4.84 Å². The van der Waals surface area contributed by atoms with Gasteiger partial charge in [-0.15, -0.1) is 0 Å². The summed E-state index contributed by atoms with van der Waals surface area (Å²) in [5.74, 6) is 0.278. The zero-order valence-corrected chi connectivity index (χ0v) is 4.56. The van der Waals surface area contributed by atoms with Crippen molar-refractivity contribution < 1.29 is 4.84 Å². The summed E-state index contributed by atoms with van der Waals surface area (Å²) in [5, 5.41) is 2.44. The van der Waals surface area contributed by atoms with Gasteiger partial charge in [-0.1, -0.05) is 6.07 Å². The first-order chi connectivity index (χ1) is 4.43. The normalized spacial score (nSPS) is 8.44. The molecule has 1 aromatic heterocycles. The van der Waals surface area contributed by atoms with Gasteiger partial charge in [0.05, 0.1) is 5.28 Å².